The van der Waals surface area contributed by atoms with Gasteiger partial charge in [-0.15, -0.1) is 5.10 Å². The molecule has 0 radical (unpaired) electrons. The van der Waals surface area contributed by atoms with Crippen LogP contribution in [0.3, 0.4) is 0 Å². The van der Waals surface area contributed by atoms with Gasteiger partial charge < -0.3 is 0 Å². The molecule has 3 heteroatoms. The molecule has 13 heavy (non-hydrogen) atoms. The maximum atomic E-state index is 4.13. The third kappa shape index (κ3) is 2.54. The smallest absolute Gasteiger partial charge is 0.0856 e. The molecule has 1 aromatic rings. The summed E-state index contributed by atoms with van der Waals surface area (Å²) in [5.74, 6) is 0. The van der Waals surface area contributed by atoms with Crippen molar-refractivity contribution in [1.29, 1.82) is 0 Å². The van der Waals surface area contributed by atoms with Gasteiger partial charge >= 0.3 is 0 Å². The first-order valence-corrected chi connectivity index (χ1v) is 4.81. The molecule has 0 fully saturated rings. The van der Waals surface area contributed by atoms with E-state index in [1.165, 1.54) is 5.69 Å². The van der Waals surface area contributed by atoms with Crippen molar-refractivity contribution in [2.24, 2.45) is 12.5 Å². The van der Waals surface area contributed by atoms with Crippen molar-refractivity contribution in [3.63, 3.8) is 0 Å². The number of aryl methyl sites for hydroxylation is 2. The Morgan fingerprint density at radius 3 is 2.38 bits per heavy atom. The van der Waals surface area contributed by atoms with E-state index in [1.54, 1.807) is 0 Å². The summed E-state index contributed by atoms with van der Waals surface area (Å²) in [4.78, 5) is 0. The highest BCUT2D eigenvalue weighted by Crippen LogP contribution is 2.21. The average molecular weight is 181 g/mol. The number of hydrogen-bond acceptors (Lipinski definition) is 2. The van der Waals surface area contributed by atoms with Crippen LogP contribution in [-0.4, -0.2) is 15.0 Å². The minimum absolute atomic E-state index is 0.305. The van der Waals surface area contributed by atoms with E-state index in [4.69, 9.17) is 0 Å². The lowest BCUT2D eigenvalue weighted by molar-refractivity contribution is 0.396. The van der Waals surface area contributed by atoms with Gasteiger partial charge in [-0.2, -0.15) is 0 Å². The van der Waals surface area contributed by atoms with Gasteiger partial charge in [-0.1, -0.05) is 32.9 Å². The summed E-state index contributed by atoms with van der Waals surface area (Å²) in [6, 6.07) is 0. The predicted octanol–water partition coefficient (Wildman–Crippen LogP) is 1.97. The minimum Gasteiger partial charge on any atom is -0.252 e. The summed E-state index contributed by atoms with van der Waals surface area (Å²) in [6.45, 7) is 8.83. The van der Waals surface area contributed by atoms with Gasteiger partial charge in [0.05, 0.1) is 11.4 Å². The Labute approximate surface area is 80.1 Å². The Kier molecular flexibility index (Phi) is 2.74. The number of rotatable bonds is 2. The third-order valence-electron chi connectivity index (χ3n) is 2.06. The Balaban J connectivity index is 2.92. The van der Waals surface area contributed by atoms with Crippen LogP contribution in [0.5, 0.6) is 0 Å². The van der Waals surface area contributed by atoms with Crippen molar-refractivity contribution in [1.82, 2.24) is 15.0 Å². The predicted molar refractivity (Wildman–Crippen MR) is 53.5 cm³/mol. The Bertz CT molecular complexity index is 281. The fourth-order valence-electron chi connectivity index (χ4n) is 1.41. The largest absolute Gasteiger partial charge is 0.252 e. The van der Waals surface area contributed by atoms with Crippen molar-refractivity contribution >= 4 is 0 Å². The zero-order valence-corrected chi connectivity index (χ0v) is 9.26. The first-order chi connectivity index (χ1) is 5.94. The molecular formula is C10H19N3. The monoisotopic (exact) mass is 181 g/mol. The fourth-order valence-corrected chi connectivity index (χ4v) is 1.41. The molecule has 1 heterocycles. The number of hydrogen-bond donors (Lipinski definition) is 0. The van der Waals surface area contributed by atoms with E-state index >= 15 is 0 Å². The van der Waals surface area contributed by atoms with Crippen LogP contribution in [0.4, 0.5) is 0 Å². The Morgan fingerprint density at radius 1 is 1.31 bits per heavy atom. The summed E-state index contributed by atoms with van der Waals surface area (Å²) in [7, 11) is 1.97. The molecule has 0 amide bonds. The molecule has 1 aromatic heterocycles. The van der Waals surface area contributed by atoms with Crippen LogP contribution in [0.2, 0.25) is 0 Å². The molecule has 74 valence electrons. The van der Waals surface area contributed by atoms with E-state index in [9.17, 15) is 0 Å². The molecule has 0 aliphatic rings. The summed E-state index contributed by atoms with van der Waals surface area (Å²) < 4.78 is 1.89. The molecule has 0 aromatic carbocycles. The summed E-state index contributed by atoms with van der Waals surface area (Å²) in [5.41, 5.74) is 2.71. The fraction of sp³-hybridized carbons (Fsp3) is 0.800. The number of nitrogens with zero attached hydrogens (tertiary/aromatic N) is 3. The van der Waals surface area contributed by atoms with E-state index in [0.29, 0.717) is 5.41 Å². The van der Waals surface area contributed by atoms with E-state index in [2.05, 4.69) is 38.0 Å². The molecule has 0 spiro atoms. The standard InChI is InChI=1S/C10H19N3/c1-6-8-9(7-10(2,3)4)13(5)12-11-8/h6-7H2,1-5H3. The van der Waals surface area contributed by atoms with E-state index in [1.807, 2.05) is 11.7 Å². The van der Waals surface area contributed by atoms with Crippen LogP contribution in [0.15, 0.2) is 0 Å². The summed E-state index contributed by atoms with van der Waals surface area (Å²) in [6.07, 6.45) is 2.01. The van der Waals surface area contributed by atoms with Crippen molar-refractivity contribution in [3.8, 4) is 0 Å². The second kappa shape index (κ2) is 3.48. The molecule has 0 unspecified atom stereocenters. The SMILES string of the molecule is CCc1nnn(C)c1CC(C)(C)C. The van der Waals surface area contributed by atoms with Crippen LogP contribution >= 0.6 is 0 Å². The summed E-state index contributed by atoms with van der Waals surface area (Å²) >= 11 is 0. The van der Waals surface area contributed by atoms with Crippen LogP contribution in [0.25, 0.3) is 0 Å². The number of aromatic nitrogens is 3. The van der Waals surface area contributed by atoms with Crippen molar-refractivity contribution in [3.05, 3.63) is 11.4 Å². The van der Waals surface area contributed by atoms with Crippen LogP contribution < -0.4 is 0 Å². The van der Waals surface area contributed by atoms with Gasteiger partial charge in [-0.3, -0.25) is 4.68 Å². The topological polar surface area (TPSA) is 30.7 Å². The van der Waals surface area contributed by atoms with E-state index in [-0.39, 0.29) is 0 Å². The second-order valence-electron chi connectivity index (χ2n) is 4.70. The van der Waals surface area contributed by atoms with Crippen molar-refractivity contribution < 1.29 is 0 Å². The van der Waals surface area contributed by atoms with Gasteiger partial charge in [-0.25, -0.2) is 0 Å². The molecular weight excluding hydrogens is 162 g/mol. The highest BCUT2D eigenvalue weighted by Gasteiger charge is 2.17. The summed E-state index contributed by atoms with van der Waals surface area (Å²) in [5, 5.41) is 8.17. The molecule has 1 rings (SSSR count). The van der Waals surface area contributed by atoms with Gasteiger partial charge in [0.15, 0.2) is 0 Å². The zero-order chi connectivity index (χ0) is 10.1. The lowest BCUT2D eigenvalue weighted by Crippen LogP contribution is -2.13. The van der Waals surface area contributed by atoms with Gasteiger partial charge in [0.2, 0.25) is 0 Å². The lowest BCUT2D eigenvalue weighted by Gasteiger charge is -2.18. The molecule has 0 bridgehead atoms. The molecule has 0 saturated heterocycles. The minimum atomic E-state index is 0.305. The van der Waals surface area contributed by atoms with Gasteiger partial charge in [0, 0.05) is 7.05 Å². The third-order valence-corrected chi connectivity index (χ3v) is 2.06. The van der Waals surface area contributed by atoms with E-state index in [0.717, 1.165) is 18.5 Å². The van der Waals surface area contributed by atoms with Gasteiger partial charge in [-0.05, 0) is 18.3 Å². The van der Waals surface area contributed by atoms with E-state index < -0.39 is 0 Å². The molecule has 0 aliphatic carbocycles. The first-order valence-electron chi connectivity index (χ1n) is 4.81. The molecule has 0 saturated carbocycles. The molecule has 0 N–H and O–H groups in total. The average Bonchev–Trinajstić information content (AvgIpc) is 2.30. The zero-order valence-electron chi connectivity index (χ0n) is 9.26. The highest BCUT2D eigenvalue weighted by molar-refractivity contribution is 5.11. The van der Waals surface area contributed by atoms with Crippen LogP contribution in [-0.2, 0) is 19.9 Å². The van der Waals surface area contributed by atoms with Crippen LogP contribution in [0, 0.1) is 5.41 Å². The van der Waals surface area contributed by atoms with Crippen LogP contribution in [0.1, 0.15) is 39.1 Å². The Morgan fingerprint density at radius 2 is 1.92 bits per heavy atom. The highest BCUT2D eigenvalue weighted by atomic mass is 15.4. The maximum Gasteiger partial charge on any atom is 0.0856 e. The normalized spacial score (nSPS) is 12.1. The van der Waals surface area contributed by atoms with Gasteiger partial charge in [0.25, 0.3) is 0 Å². The van der Waals surface area contributed by atoms with Crippen molar-refractivity contribution in [2.75, 3.05) is 0 Å². The maximum absolute atomic E-state index is 4.13. The quantitative estimate of drug-likeness (QED) is 0.698. The second-order valence-corrected chi connectivity index (χ2v) is 4.70. The molecule has 0 aliphatic heterocycles. The van der Waals surface area contributed by atoms with Gasteiger partial charge in [0.1, 0.15) is 0 Å². The molecule has 0 atom stereocenters. The van der Waals surface area contributed by atoms with Crippen molar-refractivity contribution in [2.45, 2.75) is 40.5 Å². The lowest BCUT2D eigenvalue weighted by atomic mass is 9.89. The molecule has 3 nitrogen and oxygen atoms in total. The first kappa shape index (κ1) is 10.2. The Hall–Kier alpha value is -0.860.